The maximum Gasteiger partial charge on any atom is 0.0594 e. The summed E-state index contributed by atoms with van der Waals surface area (Å²) in [5.74, 6) is 0. The van der Waals surface area contributed by atoms with Crippen LogP contribution in [-0.4, -0.2) is 50.3 Å². The number of hydrogen-bond acceptors (Lipinski definition) is 3. The normalized spacial score (nSPS) is 24.9. The number of nitrogens with one attached hydrogen (secondary N) is 1. The summed E-state index contributed by atoms with van der Waals surface area (Å²) in [6, 6.07) is 0.847. The van der Waals surface area contributed by atoms with Crippen LogP contribution in [0.15, 0.2) is 0 Å². The molecule has 0 atom stereocenters. The van der Waals surface area contributed by atoms with Crippen LogP contribution in [0.1, 0.15) is 25.7 Å². The lowest BCUT2D eigenvalue weighted by Crippen LogP contribution is -2.40. The van der Waals surface area contributed by atoms with Crippen molar-refractivity contribution in [3.8, 4) is 0 Å². The van der Waals surface area contributed by atoms with E-state index in [0.717, 1.165) is 32.3 Å². The molecule has 0 bridgehead atoms. The molecule has 1 saturated heterocycles. The van der Waals surface area contributed by atoms with Gasteiger partial charge in [0.25, 0.3) is 0 Å². The monoisotopic (exact) mass is 198 g/mol. The first-order valence-electron chi connectivity index (χ1n) is 5.98. The van der Waals surface area contributed by atoms with Gasteiger partial charge in [0.2, 0.25) is 0 Å². The summed E-state index contributed by atoms with van der Waals surface area (Å²) in [4.78, 5) is 2.51. The van der Waals surface area contributed by atoms with E-state index in [1.807, 2.05) is 0 Å². The van der Waals surface area contributed by atoms with E-state index < -0.39 is 0 Å². The average Bonchev–Trinajstić information content (AvgIpc) is 2.16. The third kappa shape index (κ3) is 3.23. The Morgan fingerprint density at radius 2 is 2.00 bits per heavy atom. The van der Waals surface area contributed by atoms with Gasteiger partial charge in [-0.25, -0.2) is 0 Å². The van der Waals surface area contributed by atoms with E-state index in [-0.39, 0.29) is 0 Å². The Balaban J connectivity index is 1.45. The van der Waals surface area contributed by atoms with Crippen LogP contribution in [0.2, 0.25) is 0 Å². The summed E-state index contributed by atoms with van der Waals surface area (Å²) in [5, 5.41) is 3.60. The summed E-state index contributed by atoms with van der Waals surface area (Å²) in [7, 11) is 0. The van der Waals surface area contributed by atoms with E-state index in [0.29, 0.717) is 0 Å². The highest BCUT2D eigenvalue weighted by molar-refractivity contribution is 4.76. The van der Waals surface area contributed by atoms with Crippen molar-refractivity contribution in [3.63, 3.8) is 0 Å². The van der Waals surface area contributed by atoms with E-state index in [1.54, 1.807) is 0 Å². The van der Waals surface area contributed by atoms with Crippen LogP contribution in [0.25, 0.3) is 0 Å². The van der Waals surface area contributed by atoms with E-state index in [2.05, 4.69) is 10.2 Å². The number of rotatable bonds is 5. The summed E-state index contributed by atoms with van der Waals surface area (Å²) in [5.41, 5.74) is 0. The molecule has 2 fully saturated rings. The van der Waals surface area contributed by atoms with Gasteiger partial charge in [0, 0.05) is 19.1 Å². The van der Waals surface area contributed by atoms with Gasteiger partial charge in [-0.05, 0) is 32.4 Å². The van der Waals surface area contributed by atoms with Gasteiger partial charge in [-0.15, -0.1) is 0 Å². The number of hydrogen-bond donors (Lipinski definition) is 1. The summed E-state index contributed by atoms with van der Waals surface area (Å²) in [6.45, 7) is 6.55. The van der Waals surface area contributed by atoms with Crippen molar-refractivity contribution in [2.75, 3.05) is 39.4 Å². The zero-order valence-corrected chi connectivity index (χ0v) is 9.00. The van der Waals surface area contributed by atoms with E-state index in [4.69, 9.17) is 4.74 Å². The fourth-order valence-electron chi connectivity index (χ4n) is 2.05. The molecular formula is C11H22N2O. The number of ether oxygens (including phenoxy) is 1. The van der Waals surface area contributed by atoms with Gasteiger partial charge in [-0.3, -0.25) is 4.90 Å². The highest BCUT2D eigenvalue weighted by Crippen LogP contribution is 2.17. The van der Waals surface area contributed by atoms with Crippen LogP contribution in [0.3, 0.4) is 0 Å². The molecule has 1 aliphatic heterocycles. The Morgan fingerprint density at radius 1 is 1.21 bits per heavy atom. The minimum atomic E-state index is 0.847. The van der Waals surface area contributed by atoms with Crippen LogP contribution in [0.4, 0.5) is 0 Å². The van der Waals surface area contributed by atoms with Gasteiger partial charge in [0.05, 0.1) is 13.2 Å². The number of nitrogens with zero attached hydrogens (tertiary/aromatic N) is 1. The molecule has 1 aliphatic carbocycles. The molecule has 0 amide bonds. The molecule has 82 valence electrons. The fraction of sp³-hybridized carbons (Fsp3) is 1.00. The minimum Gasteiger partial charge on any atom is -0.379 e. The summed E-state index contributed by atoms with van der Waals surface area (Å²) >= 11 is 0. The van der Waals surface area contributed by atoms with Crippen molar-refractivity contribution >= 4 is 0 Å². The largest absolute Gasteiger partial charge is 0.379 e. The first-order chi connectivity index (χ1) is 6.95. The topological polar surface area (TPSA) is 24.5 Å². The molecule has 1 heterocycles. The molecule has 0 aromatic carbocycles. The van der Waals surface area contributed by atoms with Crippen LogP contribution in [0.5, 0.6) is 0 Å². The first kappa shape index (κ1) is 10.4. The van der Waals surface area contributed by atoms with Crippen molar-refractivity contribution in [2.24, 2.45) is 0 Å². The van der Waals surface area contributed by atoms with Gasteiger partial charge in [-0.1, -0.05) is 6.42 Å². The Kier molecular flexibility index (Phi) is 4.22. The highest BCUT2D eigenvalue weighted by atomic mass is 16.5. The average molecular weight is 198 g/mol. The molecular weight excluding hydrogens is 176 g/mol. The molecule has 2 aliphatic rings. The van der Waals surface area contributed by atoms with E-state index in [1.165, 1.54) is 38.8 Å². The van der Waals surface area contributed by atoms with Crippen LogP contribution in [0, 0.1) is 0 Å². The van der Waals surface area contributed by atoms with Crippen molar-refractivity contribution in [1.29, 1.82) is 0 Å². The maximum atomic E-state index is 5.31. The second kappa shape index (κ2) is 5.69. The zero-order valence-electron chi connectivity index (χ0n) is 9.00. The Bertz CT molecular complexity index is 153. The zero-order chi connectivity index (χ0) is 9.64. The van der Waals surface area contributed by atoms with Gasteiger partial charge in [-0.2, -0.15) is 0 Å². The molecule has 0 aromatic rings. The van der Waals surface area contributed by atoms with Crippen molar-refractivity contribution in [3.05, 3.63) is 0 Å². The quantitative estimate of drug-likeness (QED) is 0.663. The molecule has 0 spiro atoms. The molecule has 1 N–H and O–H groups in total. The van der Waals surface area contributed by atoms with Gasteiger partial charge < -0.3 is 10.1 Å². The first-order valence-corrected chi connectivity index (χ1v) is 5.98. The lowest BCUT2D eigenvalue weighted by atomic mass is 9.93. The molecule has 0 radical (unpaired) electrons. The maximum absolute atomic E-state index is 5.31. The SMILES string of the molecule is C1CC(NCCCN2CCOCC2)C1. The molecule has 1 saturated carbocycles. The Morgan fingerprint density at radius 3 is 2.64 bits per heavy atom. The third-order valence-corrected chi connectivity index (χ3v) is 3.29. The van der Waals surface area contributed by atoms with Crippen molar-refractivity contribution in [1.82, 2.24) is 10.2 Å². The third-order valence-electron chi connectivity index (χ3n) is 3.29. The Labute approximate surface area is 86.8 Å². The van der Waals surface area contributed by atoms with Gasteiger partial charge in [0.15, 0.2) is 0 Å². The number of morpholine rings is 1. The Hall–Kier alpha value is -0.120. The highest BCUT2D eigenvalue weighted by Gasteiger charge is 2.16. The lowest BCUT2D eigenvalue weighted by Gasteiger charge is -2.29. The fourth-order valence-corrected chi connectivity index (χ4v) is 2.05. The van der Waals surface area contributed by atoms with Crippen molar-refractivity contribution in [2.45, 2.75) is 31.7 Å². The van der Waals surface area contributed by atoms with Gasteiger partial charge in [0.1, 0.15) is 0 Å². The molecule has 14 heavy (non-hydrogen) atoms. The smallest absolute Gasteiger partial charge is 0.0594 e. The standard InChI is InChI=1S/C11H22N2O/c1-3-11(4-1)12-5-2-6-13-7-9-14-10-8-13/h11-12H,1-10H2. The predicted octanol–water partition coefficient (Wildman–Crippen LogP) is 0.851. The van der Waals surface area contributed by atoms with Gasteiger partial charge >= 0.3 is 0 Å². The second-order valence-corrected chi connectivity index (χ2v) is 4.39. The second-order valence-electron chi connectivity index (χ2n) is 4.39. The minimum absolute atomic E-state index is 0.847. The van der Waals surface area contributed by atoms with Crippen molar-refractivity contribution < 1.29 is 4.74 Å². The van der Waals surface area contributed by atoms with E-state index in [9.17, 15) is 0 Å². The molecule has 3 heteroatoms. The van der Waals surface area contributed by atoms with E-state index >= 15 is 0 Å². The van der Waals surface area contributed by atoms with Crippen LogP contribution >= 0.6 is 0 Å². The molecule has 0 aromatic heterocycles. The predicted molar refractivity (Wildman–Crippen MR) is 57.5 cm³/mol. The van der Waals surface area contributed by atoms with Crippen LogP contribution in [-0.2, 0) is 4.74 Å². The lowest BCUT2D eigenvalue weighted by molar-refractivity contribution is 0.0373. The molecule has 2 rings (SSSR count). The molecule has 0 unspecified atom stereocenters. The summed E-state index contributed by atoms with van der Waals surface area (Å²) in [6.07, 6.45) is 5.52. The summed E-state index contributed by atoms with van der Waals surface area (Å²) < 4.78 is 5.31. The van der Waals surface area contributed by atoms with Crippen LogP contribution < -0.4 is 5.32 Å². The molecule has 3 nitrogen and oxygen atoms in total.